The molecule has 2 N–H and O–H groups in total. The molecule has 26 heavy (non-hydrogen) atoms. The van der Waals surface area contributed by atoms with Gasteiger partial charge in [-0.25, -0.2) is 15.0 Å². The van der Waals surface area contributed by atoms with Crippen LogP contribution >= 0.6 is 11.3 Å². The van der Waals surface area contributed by atoms with Gasteiger partial charge in [-0.1, -0.05) is 18.2 Å². The Morgan fingerprint density at radius 3 is 2.81 bits per heavy atom. The second-order valence-corrected chi connectivity index (χ2v) is 7.07. The molecule has 0 fully saturated rings. The van der Waals surface area contributed by atoms with Crippen molar-refractivity contribution in [1.29, 1.82) is 0 Å². The van der Waals surface area contributed by atoms with Crippen LogP contribution in [0.5, 0.6) is 0 Å². The summed E-state index contributed by atoms with van der Waals surface area (Å²) in [5.41, 5.74) is 1.77. The number of aryl methyl sites for hydroxylation is 1. The molecule has 3 rings (SSSR count). The molecule has 0 radical (unpaired) electrons. The van der Waals surface area contributed by atoms with Gasteiger partial charge in [-0.05, 0) is 26.0 Å². The van der Waals surface area contributed by atoms with E-state index < -0.39 is 0 Å². The van der Waals surface area contributed by atoms with Crippen molar-refractivity contribution in [3.8, 4) is 11.5 Å². The zero-order valence-corrected chi connectivity index (χ0v) is 15.8. The predicted octanol–water partition coefficient (Wildman–Crippen LogP) is 3.40. The molecular formula is C19H23N5OS. The molecule has 0 aliphatic rings. The van der Waals surface area contributed by atoms with Crippen LogP contribution in [0.4, 0.5) is 0 Å². The van der Waals surface area contributed by atoms with Gasteiger partial charge in [0.15, 0.2) is 5.96 Å². The van der Waals surface area contributed by atoms with E-state index in [2.05, 4.69) is 32.5 Å². The summed E-state index contributed by atoms with van der Waals surface area (Å²) in [5, 5.41) is 7.71. The minimum atomic E-state index is 0.460. The average molecular weight is 369 g/mol. The smallest absolute Gasteiger partial charge is 0.226 e. The van der Waals surface area contributed by atoms with Crippen molar-refractivity contribution in [2.75, 3.05) is 13.1 Å². The first-order valence-corrected chi connectivity index (χ1v) is 9.49. The number of thiazole rings is 1. The Hall–Kier alpha value is -2.67. The number of oxazole rings is 1. The molecule has 3 aromatic rings. The largest absolute Gasteiger partial charge is 0.444 e. The van der Waals surface area contributed by atoms with Crippen molar-refractivity contribution >= 4 is 17.3 Å². The lowest BCUT2D eigenvalue weighted by Crippen LogP contribution is -2.38. The quantitative estimate of drug-likeness (QED) is 0.493. The van der Waals surface area contributed by atoms with Crippen LogP contribution in [-0.2, 0) is 13.0 Å². The highest BCUT2D eigenvalue weighted by Gasteiger charge is 2.06. The number of nitrogens with one attached hydrogen (secondary N) is 2. The van der Waals surface area contributed by atoms with Crippen LogP contribution in [0.2, 0.25) is 0 Å². The molecule has 136 valence electrons. The van der Waals surface area contributed by atoms with Crippen molar-refractivity contribution in [2.45, 2.75) is 26.8 Å². The number of aromatic nitrogens is 2. The highest BCUT2D eigenvalue weighted by molar-refractivity contribution is 7.11. The average Bonchev–Trinajstić information content (AvgIpc) is 3.29. The SMILES string of the molecule is CCNC(=NCc1coc(-c2ccccc2)n1)NCCc1ncc(C)s1. The van der Waals surface area contributed by atoms with E-state index in [0.717, 1.165) is 41.7 Å². The van der Waals surface area contributed by atoms with Crippen molar-refractivity contribution in [2.24, 2.45) is 4.99 Å². The molecule has 0 saturated carbocycles. The van der Waals surface area contributed by atoms with Crippen molar-refractivity contribution < 1.29 is 4.42 Å². The maximum Gasteiger partial charge on any atom is 0.226 e. The number of nitrogens with zero attached hydrogens (tertiary/aromatic N) is 3. The van der Waals surface area contributed by atoms with Gasteiger partial charge < -0.3 is 15.1 Å². The molecular weight excluding hydrogens is 346 g/mol. The highest BCUT2D eigenvalue weighted by Crippen LogP contribution is 2.18. The Labute approximate surface area is 157 Å². The van der Waals surface area contributed by atoms with Crippen LogP contribution in [0, 0.1) is 6.92 Å². The summed E-state index contributed by atoms with van der Waals surface area (Å²) in [5.74, 6) is 1.39. The van der Waals surface area contributed by atoms with Gasteiger partial charge in [0.05, 0.1) is 11.6 Å². The van der Waals surface area contributed by atoms with Crippen LogP contribution in [0.15, 0.2) is 52.2 Å². The lowest BCUT2D eigenvalue weighted by molar-refractivity contribution is 0.572. The van der Waals surface area contributed by atoms with Crippen LogP contribution in [-0.4, -0.2) is 29.0 Å². The first kappa shape index (κ1) is 18.1. The Kier molecular flexibility index (Phi) is 6.38. The molecule has 0 unspecified atom stereocenters. The third kappa shape index (κ3) is 5.16. The molecule has 0 bridgehead atoms. The topological polar surface area (TPSA) is 75.3 Å². The zero-order chi connectivity index (χ0) is 18.2. The fourth-order valence-electron chi connectivity index (χ4n) is 2.40. The summed E-state index contributed by atoms with van der Waals surface area (Å²) in [6.07, 6.45) is 4.45. The van der Waals surface area contributed by atoms with Gasteiger partial charge in [-0.15, -0.1) is 11.3 Å². The molecule has 1 aromatic carbocycles. The summed E-state index contributed by atoms with van der Waals surface area (Å²) in [4.78, 5) is 14.7. The normalized spacial score (nSPS) is 11.5. The monoisotopic (exact) mass is 369 g/mol. The Morgan fingerprint density at radius 1 is 1.23 bits per heavy atom. The minimum absolute atomic E-state index is 0.460. The summed E-state index contributed by atoms with van der Waals surface area (Å²) in [6.45, 7) is 6.16. The van der Waals surface area contributed by atoms with Gasteiger partial charge in [0.25, 0.3) is 0 Å². The second-order valence-electron chi connectivity index (χ2n) is 5.75. The summed E-state index contributed by atoms with van der Waals surface area (Å²) < 4.78 is 5.56. The van der Waals surface area contributed by atoms with Crippen LogP contribution in [0.1, 0.15) is 22.5 Å². The van der Waals surface area contributed by atoms with Crippen LogP contribution in [0.25, 0.3) is 11.5 Å². The van der Waals surface area contributed by atoms with Crippen molar-refractivity contribution in [3.63, 3.8) is 0 Å². The number of rotatable bonds is 7. The standard InChI is InChI=1S/C19H23N5OS/c1-3-20-19(21-10-9-17-22-11-14(2)26-17)23-12-16-13-25-18(24-16)15-7-5-4-6-8-15/h4-8,11,13H,3,9-10,12H2,1-2H3,(H2,20,21,23). The molecule has 2 heterocycles. The lowest BCUT2D eigenvalue weighted by Gasteiger charge is -2.10. The Balaban J connectivity index is 1.56. The zero-order valence-electron chi connectivity index (χ0n) is 15.0. The lowest BCUT2D eigenvalue weighted by atomic mass is 10.2. The highest BCUT2D eigenvalue weighted by atomic mass is 32.1. The molecule has 0 aliphatic heterocycles. The summed E-state index contributed by atoms with van der Waals surface area (Å²) in [6, 6.07) is 9.86. The summed E-state index contributed by atoms with van der Waals surface area (Å²) in [7, 11) is 0. The minimum Gasteiger partial charge on any atom is -0.444 e. The van der Waals surface area contributed by atoms with E-state index in [-0.39, 0.29) is 0 Å². The third-order valence-electron chi connectivity index (χ3n) is 3.62. The summed E-state index contributed by atoms with van der Waals surface area (Å²) >= 11 is 1.73. The van der Waals surface area contributed by atoms with E-state index in [4.69, 9.17) is 4.42 Å². The van der Waals surface area contributed by atoms with Gasteiger partial charge in [0.2, 0.25) is 5.89 Å². The number of guanidine groups is 1. The van der Waals surface area contributed by atoms with Crippen LogP contribution < -0.4 is 10.6 Å². The molecule has 0 saturated heterocycles. The van der Waals surface area contributed by atoms with Gasteiger partial charge in [-0.3, -0.25) is 0 Å². The van der Waals surface area contributed by atoms with Gasteiger partial charge >= 0.3 is 0 Å². The maximum atomic E-state index is 5.56. The fourth-order valence-corrected chi connectivity index (χ4v) is 3.19. The molecule has 0 amide bonds. The van der Waals surface area contributed by atoms with E-state index in [1.807, 2.05) is 43.5 Å². The van der Waals surface area contributed by atoms with E-state index >= 15 is 0 Å². The maximum absolute atomic E-state index is 5.56. The molecule has 0 spiro atoms. The molecule has 2 aromatic heterocycles. The molecule has 0 aliphatic carbocycles. The molecule has 7 heteroatoms. The molecule has 6 nitrogen and oxygen atoms in total. The predicted molar refractivity (Wildman–Crippen MR) is 105 cm³/mol. The second kappa shape index (κ2) is 9.15. The number of hydrogen-bond acceptors (Lipinski definition) is 5. The van der Waals surface area contributed by atoms with Gasteiger partial charge in [0.1, 0.15) is 12.0 Å². The van der Waals surface area contributed by atoms with E-state index in [0.29, 0.717) is 12.4 Å². The third-order valence-corrected chi connectivity index (χ3v) is 4.59. The van der Waals surface area contributed by atoms with E-state index in [1.165, 1.54) is 4.88 Å². The Morgan fingerprint density at radius 2 is 2.08 bits per heavy atom. The van der Waals surface area contributed by atoms with Gasteiger partial charge in [-0.2, -0.15) is 0 Å². The fraction of sp³-hybridized carbons (Fsp3) is 0.316. The van der Waals surface area contributed by atoms with Gasteiger partial charge in [0, 0.05) is 36.1 Å². The molecule has 0 atom stereocenters. The first-order valence-electron chi connectivity index (χ1n) is 8.68. The van der Waals surface area contributed by atoms with Crippen molar-refractivity contribution in [3.05, 3.63) is 58.4 Å². The van der Waals surface area contributed by atoms with E-state index in [1.54, 1.807) is 17.6 Å². The first-order chi connectivity index (χ1) is 12.7. The van der Waals surface area contributed by atoms with E-state index in [9.17, 15) is 0 Å². The number of hydrogen-bond donors (Lipinski definition) is 2. The van der Waals surface area contributed by atoms with Crippen LogP contribution in [0.3, 0.4) is 0 Å². The number of benzene rings is 1. The number of aliphatic imine (C=N–C) groups is 1. The van der Waals surface area contributed by atoms with Crippen molar-refractivity contribution in [1.82, 2.24) is 20.6 Å². The Bertz CT molecular complexity index is 841.